The smallest absolute Gasteiger partial charge is 0.188 e. The first-order chi connectivity index (χ1) is 26.3. The number of fused-ring (bicyclic) bond motifs is 4. The molecule has 0 unspecified atom stereocenters. The van der Waals surface area contributed by atoms with Gasteiger partial charge in [0.05, 0.1) is 5.54 Å². The number of imidazole rings is 1. The van der Waals surface area contributed by atoms with Crippen molar-refractivity contribution in [2.24, 2.45) is 0 Å². The summed E-state index contributed by atoms with van der Waals surface area (Å²) in [5.74, 6) is 1.26. The zero-order chi connectivity index (χ0) is 37.0. The van der Waals surface area contributed by atoms with Crippen molar-refractivity contribution >= 4 is 49.9 Å². The molecule has 9 rings (SSSR count). The Labute approximate surface area is 337 Å². The first kappa shape index (κ1) is 36.2. The van der Waals surface area contributed by atoms with Crippen molar-refractivity contribution in [1.82, 2.24) is 18.7 Å². The molecular weight excluding hydrogens is 854 g/mol. The van der Waals surface area contributed by atoms with Gasteiger partial charge in [0, 0.05) is 56.3 Å². The van der Waals surface area contributed by atoms with Crippen LogP contribution in [0.1, 0.15) is 46.1 Å². The van der Waals surface area contributed by atoms with E-state index in [1.54, 1.807) is 0 Å². The van der Waals surface area contributed by atoms with Gasteiger partial charge in [0.2, 0.25) is 0 Å². The largest absolute Gasteiger partial charge is 0.358 e. The normalized spacial score (nSPS) is 11.7. The number of benzene rings is 6. The average molecular weight is 896 g/mol. The molecule has 0 spiro atoms. The monoisotopic (exact) mass is 895 g/mol. The number of pyridine rings is 1. The molecule has 3 heterocycles. The van der Waals surface area contributed by atoms with Crippen LogP contribution in [0.4, 0.5) is 17.1 Å². The maximum absolute atomic E-state index is 4.98. The van der Waals surface area contributed by atoms with E-state index >= 15 is 0 Å². The average Bonchev–Trinajstić information content (AvgIpc) is 3.75. The van der Waals surface area contributed by atoms with Crippen molar-refractivity contribution in [3.8, 4) is 22.6 Å². The summed E-state index contributed by atoms with van der Waals surface area (Å²) in [5.41, 5.74) is 11.8. The molecule has 6 aromatic carbocycles. The van der Waals surface area contributed by atoms with E-state index in [-0.39, 0.29) is 26.6 Å². The van der Waals surface area contributed by atoms with Crippen LogP contribution in [0.2, 0.25) is 0 Å². The molecule has 3 aromatic heterocycles. The number of anilines is 3. The molecule has 0 aliphatic rings. The van der Waals surface area contributed by atoms with Gasteiger partial charge in [-0.25, -0.2) is 14.1 Å². The van der Waals surface area contributed by atoms with Gasteiger partial charge in [-0.1, -0.05) is 97.5 Å². The topological polar surface area (TPSA) is 30.9 Å². The van der Waals surface area contributed by atoms with Gasteiger partial charge in [-0.2, -0.15) is 12.1 Å². The Hall–Kier alpha value is -5.77. The summed E-state index contributed by atoms with van der Waals surface area (Å²) in [6.07, 6.45) is 4.13. The molecule has 9 aromatic rings. The first-order valence-electron chi connectivity index (χ1n) is 18.7. The first-order valence-corrected chi connectivity index (χ1v) is 18.7. The Morgan fingerprint density at radius 2 is 1.35 bits per heavy atom. The minimum atomic E-state index is -0.0897. The van der Waals surface area contributed by atoms with Crippen LogP contribution in [0.3, 0.4) is 0 Å². The molecule has 0 saturated heterocycles. The number of aromatic nitrogens is 4. The molecule has 0 N–H and O–H groups in total. The van der Waals surface area contributed by atoms with Gasteiger partial charge in [-0.05, 0) is 91.2 Å². The second kappa shape index (κ2) is 14.5. The molecule has 0 atom stereocenters. The molecule has 5 nitrogen and oxygen atoms in total. The van der Waals surface area contributed by atoms with Gasteiger partial charge in [-0.3, -0.25) is 0 Å². The van der Waals surface area contributed by atoms with Gasteiger partial charge >= 0.3 is 0 Å². The van der Waals surface area contributed by atoms with E-state index in [4.69, 9.17) is 4.98 Å². The van der Waals surface area contributed by atoms with Crippen molar-refractivity contribution in [3.05, 3.63) is 176 Å². The van der Waals surface area contributed by atoms with E-state index in [1.165, 1.54) is 16.6 Å². The fourth-order valence-electron chi connectivity index (χ4n) is 7.76. The summed E-state index contributed by atoms with van der Waals surface area (Å²) in [7, 11) is 0. The Bertz CT molecular complexity index is 2810. The van der Waals surface area contributed by atoms with Crippen molar-refractivity contribution in [3.63, 3.8) is 0 Å². The number of hydrogen-bond donors (Lipinski definition) is 0. The molecule has 274 valence electrons. The fraction of sp³-hybridized carbons (Fsp3) is 0.143. The predicted molar refractivity (Wildman–Crippen MR) is 225 cm³/mol. The van der Waals surface area contributed by atoms with E-state index in [0.717, 1.165) is 61.5 Å². The third-order valence-corrected chi connectivity index (χ3v) is 10.3. The Balaban J connectivity index is 0.00000427. The molecule has 0 bridgehead atoms. The standard InChI is InChI=1S/C49H42N5.Pt/c1-34(2)40-20-9-10-21-41(40)35-28-29-50-48(30-35)54-44-23-12-11-22-42(44)43-27-26-39(32-47(43)54)53(36-16-7-6-8-17-36)38-19-15-18-37(31-38)51-33-52(49(3,4)5)46-25-14-13-24-45(46)51;/h6-30,33-34H,1-5H3;/q-1;. The number of hydrogen-bond acceptors (Lipinski definition) is 2. The summed E-state index contributed by atoms with van der Waals surface area (Å²) in [4.78, 5) is 7.23. The Kier molecular flexibility index (Phi) is 9.53. The molecule has 0 fully saturated rings. The van der Waals surface area contributed by atoms with Crippen LogP contribution in [0, 0.1) is 12.1 Å². The van der Waals surface area contributed by atoms with Crippen LogP contribution in [-0.2, 0) is 26.6 Å². The van der Waals surface area contributed by atoms with Crippen molar-refractivity contribution in [1.29, 1.82) is 0 Å². The van der Waals surface area contributed by atoms with Gasteiger partial charge < -0.3 is 9.47 Å². The molecule has 0 amide bonds. The maximum atomic E-state index is 4.98. The second-order valence-corrected chi connectivity index (χ2v) is 15.2. The summed E-state index contributed by atoms with van der Waals surface area (Å²) in [6, 6.07) is 59.2. The predicted octanol–water partition coefficient (Wildman–Crippen LogP) is 12.8. The Morgan fingerprint density at radius 1 is 0.655 bits per heavy atom. The van der Waals surface area contributed by atoms with E-state index in [9.17, 15) is 0 Å². The van der Waals surface area contributed by atoms with Crippen LogP contribution < -0.4 is 4.90 Å². The van der Waals surface area contributed by atoms with Gasteiger partial charge in [0.1, 0.15) is 5.82 Å². The summed E-state index contributed by atoms with van der Waals surface area (Å²) >= 11 is 0. The van der Waals surface area contributed by atoms with Gasteiger partial charge in [0.25, 0.3) is 0 Å². The minimum absolute atomic E-state index is 0. The zero-order valence-electron chi connectivity index (χ0n) is 31.6. The third-order valence-electron chi connectivity index (χ3n) is 10.3. The Morgan fingerprint density at radius 3 is 2.13 bits per heavy atom. The van der Waals surface area contributed by atoms with E-state index in [2.05, 4.69) is 217 Å². The summed E-state index contributed by atoms with van der Waals surface area (Å²) in [5, 5.41) is 2.29. The van der Waals surface area contributed by atoms with E-state index < -0.39 is 0 Å². The minimum Gasteiger partial charge on any atom is -0.358 e. The number of para-hydroxylation sites is 4. The molecule has 55 heavy (non-hydrogen) atoms. The van der Waals surface area contributed by atoms with Gasteiger partial charge in [-0.15, -0.1) is 29.7 Å². The van der Waals surface area contributed by atoms with E-state index in [1.807, 2.05) is 6.20 Å². The second-order valence-electron chi connectivity index (χ2n) is 15.2. The molecule has 6 heteroatoms. The van der Waals surface area contributed by atoms with Crippen molar-refractivity contribution in [2.75, 3.05) is 4.90 Å². The van der Waals surface area contributed by atoms with Crippen molar-refractivity contribution < 1.29 is 21.1 Å². The van der Waals surface area contributed by atoms with Crippen LogP contribution in [0.15, 0.2) is 158 Å². The maximum Gasteiger partial charge on any atom is 0.188 e. The quantitative estimate of drug-likeness (QED) is 0.149. The third kappa shape index (κ3) is 6.47. The summed E-state index contributed by atoms with van der Waals surface area (Å²) in [6.45, 7) is 11.2. The number of nitrogens with zero attached hydrogens (tertiary/aromatic N) is 5. The summed E-state index contributed by atoms with van der Waals surface area (Å²) < 4.78 is 6.84. The van der Waals surface area contributed by atoms with Crippen LogP contribution in [0.5, 0.6) is 0 Å². The van der Waals surface area contributed by atoms with Crippen molar-refractivity contribution in [2.45, 2.75) is 46.1 Å². The fourth-order valence-corrected chi connectivity index (χ4v) is 7.76. The van der Waals surface area contributed by atoms with Crippen LogP contribution in [0.25, 0.3) is 55.5 Å². The zero-order valence-corrected chi connectivity index (χ0v) is 33.9. The number of rotatable bonds is 7. The molecular formula is C49H42N5Pt-. The molecule has 0 saturated carbocycles. The molecule has 0 aliphatic carbocycles. The SMILES string of the molecule is CC(C)c1ccccc1-c1ccnc(-n2c3[c-]c(N(c4[c-]c(-n5[cH+]n(C(C)(C)C)c6ccccc65)ccc4)c4ccccc4)ccc3c3ccccc32)c1.[Pt]. The molecule has 0 aliphatic heterocycles. The van der Waals surface area contributed by atoms with E-state index in [0.29, 0.717) is 5.92 Å². The molecule has 0 radical (unpaired) electrons. The van der Waals surface area contributed by atoms with Gasteiger partial charge in [0.15, 0.2) is 17.4 Å². The van der Waals surface area contributed by atoms with Crippen LogP contribution >= 0.6 is 0 Å². The van der Waals surface area contributed by atoms with Crippen LogP contribution in [-0.4, -0.2) is 18.7 Å².